The number of aliphatic hydroxyl groups is 1. The summed E-state index contributed by atoms with van der Waals surface area (Å²) in [6.45, 7) is 1.96. The van der Waals surface area contributed by atoms with E-state index in [9.17, 15) is 0 Å². The molecular formula is C12H12O2. The van der Waals surface area contributed by atoms with Crippen LogP contribution in [0.25, 0.3) is 0 Å². The van der Waals surface area contributed by atoms with E-state index in [1.54, 1.807) is 0 Å². The predicted molar refractivity (Wildman–Crippen MR) is 54.2 cm³/mol. The van der Waals surface area contributed by atoms with E-state index in [-0.39, 0.29) is 12.7 Å². The minimum Gasteiger partial charge on any atom is -0.490 e. The van der Waals surface area contributed by atoms with E-state index in [2.05, 4.69) is 18.8 Å². The molecule has 72 valence electrons. The van der Waals surface area contributed by atoms with E-state index in [1.165, 1.54) is 5.56 Å². The molecule has 1 aliphatic rings. The van der Waals surface area contributed by atoms with Gasteiger partial charge in [0.15, 0.2) is 0 Å². The minimum absolute atomic E-state index is 0.0933. The van der Waals surface area contributed by atoms with E-state index in [0.717, 1.165) is 17.7 Å². The maximum atomic E-state index is 8.56. The zero-order chi connectivity index (χ0) is 9.97. The van der Waals surface area contributed by atoms with Crippen LogP contribution >= 0.6 is 0 Å². The highest BCUT2D eigenvalue weighted by Crippen LogP contribution is 2.28. The summed E-state index contributed by atoms with van der Waals surface area (Å²) in [5, 5.41) is 8.56. The van der Waals surface area contributed by atoms with Crippen LogP contribution in [0.4, 0.5) is 0 Å². The largest absolute Gasteiger partial charge is 0.490 e. The van der Waals surface area contributed by atoms with Crippen molar-refractivity contribution in [2.75, 3.05) is 6.61 Å². The highest BCUT2D eigenvalue weighted by atomic mass is 16.5. The van der Waals surface area contributed by atoms with Crippen molar-refractivity contribution in [3.63, 3.8) is 0 Å². The fourth-order valence-electron chi connectivity index (χ4n) is 1.64. The van der Waals surface area contributed by atoms with Crippen LogP contribution in [-0.4, -0.2) is 17.8 Å². The van der Waals surface area contributed by atoms with Gasteiger partial charge in [0.1, 0.15) is 18.5 Å². The summed E-state index contributed by atoms with van der Waals surface area (Å²) in [6.07, 6.45) is 1.22. The van der Waals surface area contributed by atoms with Gasteiger partial charge in [0, 0.05) is 12.0 Å². The van der Waals surface area contributed by atoms with E-state index < -0.39 is 0 Å². The first-order valence-corrected chi connectivity index (χ1v) is 4.69. The number of benzene rings is 1. The van der Waals surface area contributed by atoms with Gasteiger partial charge in [-0.15, -0.1) is 0 Å². The Morgan fingerprint density at radius 1 is 1.57 bits per heavy atom. The summed E-state index contributed by atoms with van der Waals surface area (Å²) in [4.78, 5) is 0. The zero-order valence-corrected chi connectivity index (χ0v) is 8.08. The minimum atomic E-state index is -0.0933. The van der Waals surface area contributed by atoms with Crippen molar-refractivity contribution < 1.29 is 9.84 Å². The second-order valence-corrected chi connectivity index (χ2v) is 3.41. The number of rotatable bonds is 0. The fourth-order valence-corrected chi connectivity index (χ4v) is 1.64. The lowest BCUT2D eigenvalue weighted by molar-refractivity contribution is 0.254. The Morgan fingerprint density at radius 2 is 2.43 bits per heavy atom. The lowest BCUT2D eigenvalue weighted by atomic mass is 10.1. The third-order valence-corrected chi connectivity index (χ3v) is 2.21. The molecule has 1 N–H and O–H groups in total. The highest BCUT2D eigenvalue weighted by Gasteiger charge is 2.18. The molecule has 1 aromatic carbocycles. The van der Waals surface area contributed by atoms with Gasteiger partial charge in [-0.2, -0.15) is 0 Å². The summed E-state index contributed by atoms with van der Waals surface area (Å²) >= 11 is 0. The standard InChI is InChI=1S/C12H12O2/c1-9-7-11-8-10(3-2-6-13)4-5-12(11)14-9/h4-5,8-9,13H,6-7H2,1H3. The Morgan fingerprint density at radius 3 is 3.21 bits per heavy atom. The molecule has 1 unspecified atom stereocenters. The summed E-state index contributed by atoms with van der Waals surface area (Å²) in [5.41, 5.74) is 2.15. The van der Waals surface area contributed by atoms with Crippen molar-refractivity contribution in [2.24, 2.45) is 0 Å². The van der Waals surface area contributed by atoms with Gasteiger partial charge < -0.3 is 9.84 Å². The van der Waals surface area contributed by atoms with Crippen molar-refractivity contribution in [1.29, 1.82) is 0 Å². The summed E-state index contributed by atoms with van der Waals surface area (Å²) < 4.78 is 5.57. The molecule has 1 aromatic rings. The number of hydrogen-bond acceptors (Lipinski definition) is 2. The molecular weight excluding hydrogens is 176 g/mol. The zero-order valence-electron chi connectivity index (χ0n) is 8.08. The van der Waals surface area contributed by atoms with Crippen molar-refractivity contribution >= 4 is 0 Å². The van der Waals surface area contributed by atoms with E-state index in [1.807, 2.05) is 18.2 Å². The Bertz CT molecular complexity index is 399. The molecule has 0 bridgehead atoms. The van der Waals surface area contributed by atoms with Gasteiger partial charge in [-0.1, -0.05) is 11.8 Å². The Kier molecular flexibility index (Phi) is 2.43. The third kappa shape index (κ3) is 1.73. The number of aliphatic hydroxyl groups excluding tert-OH is 1. The molecule has 0 saturated carbocycles. The topological polar surface area (TPSA) is 29.5 Å². The van der Waals surface area contributed by atoms with Crippen LogP contribution in [0.5, 0.6) is 5.75 Å². The van der Waals surface area contributed by atoms with Crippen molar-refractivity contribution in [1.82, 2.24) is 0 Å². The molecule has 0 aliphatic carbocycles. The molecule has 14 heavy (non-hydrogen) atoms. The van der Waals surface area contributed by atoms with Gasteiger partial charge in [-0.3, -0.25) is 0 Å². The van der Waals surface area contributed by atoms with Crippen LogP contribution in [0, 0.1) is 11.8 Å². The maximum Gasteiger partial charge on any atom is 0.123 e. The van der Waals surface area contributed by atoms with Gasteiger partial charge in [0.2, 0.25) is 0 Å². The molecule has 0 saturated heterocycles. The number of fused-ring (bicyclic) bond motifs is 1. The van der Waals surface area contributed by atoms with Crippen LogP contribution in [0.15, 0.2) is 18.2 Å². The quantitative estimate of drug-likeness (QED) is 0.623. The Labute approximate surface area is 83.5 Å². The Hall–Kier alpha value is -1.46. The summed E-state index contributed by atoms with van der Waals surface area (Å²) in [7, 11) is 0. The molecule has 2 rings (SSSR count). The van der Waals surface area contributed by atoms with Gasteiger partial charge in [-0.25, -0.2) is 0 Å². The number of hydrogen-bond donors (Lipinski definition) is 1. The average molecular weight is 188 g/mol. The van der Waals surface area contributed by atoms with Crippen LogP contribution in [-0.2, 0) is 6.42 Å². The molecule has 1 aliphatic heterocycles. The second-order valence-electron chi connectivity index (χ2n) is 3.41. The summed E-state index contributed by atoms with van der Waals surface area (Å²) in [6, 6.07) is 5.89. The molecule has 2 nitrogen and oxygen atoms in total. The fraction of sp³-hybridized carbons (Fsp3) is 0.333. The third-order valence-electron chi connectivity index (χ3n) is 2.21. The average Bonchev–Trinajstić information content (AvgIpc) is 2.54. The molecule has 0 radical (unpaired) electrons. The van der Waals surface area contributed by atoms with Gasteiger partial charge in [0.05, 0.1) is 0 Å². The SMILES string of the molecule is CC1Cc2cc(C#CCO)ccc2O1. The molecule has 0 amide bonds. The maximum absolute atomic E-state index is 8.56. The van der Waals surface area contributed by atoms with Gasteiger partial charge in [0.25, 0.3) is 0 Å². The normalized spacial score (nSPS) is 18.0. The van der Waals surface area contributed by atoms with E-state index >= 15 is 0 Å². The smallest absolute Gasteiger partial charge is 0.123 e. The van der Waals surface area contributed by atoms with E-state index in [4.69, 9.17) is 9.84 Å². The lowest BCUT2D eigenvalue weighted by Crippen LogP contribution is -2.05. The lowest BCUT2D eigenvalue weighted by Gasteiger charge is -2.01. The number of ether oxygens (including phenoxy) is 1. The molecule has 0 spiro atoms. The van der Waals surface area contributed by atoms with Crippen LogP contribution in [0.3, 0.4) is 0 Å². The van der Waals surface area contributed by atoms with Crippen molar-refractivity contribution in [3.05, 3.63) is 29.3 Å². The molecule has 2 heteroatoms. The monoisotopic (exact) mass is 188 g/mol. The van der Waals surface area contributed by atoms with Crippen LogP contribution in [0.2, 0.25) is 0 Å². The second kappa shape index (κ2) is 3.73. The van der Waals surface area contributed by atoms with Crippen molar-refractivity contribution in [3.8, 4) is 17.6 Å². The van der Waals surface area contributed by atoms with Crippen molar-refractivity contribution in [2.45, 2.75) is 19.4 Å². The summed E-state index contributed by atoms with van der Waals surface area (Å²) in [5.74, 6) is 6.48. The first-order valence-electron chi connectivity index (χ1n) is 4.69. The molecule has 1 heterocycles. The predicted octanol–water partition coefficient (Wildman–Crippen LogP) is 1.35. The van der Waals surface area contributed by atoms with Crippen LogP contribution in [0.1, 0.15) is 18.1 Å². The molecule has 0 aromatic heterocycles. The first kappa shape index (κ1) is 9.11. The van der Waals surface area contributed by atoms with Crippen LogP contribution < -0.4 is 4.74 Å². The molecule has 1 atom stereocenters. The van der Waals surface area contributed by atoms with Gasteiger partial charge in [-0.05, 0) is 30.7 Å². The highest BCUT2D eigenvalue weighted by molar-refractivity contribution is 5.46. The van der Waals surface area contributed by atoms with Gasteiger partial charge >= 0.3 is 0 Å². The first-order chi connectivity index (χ1) is 6.79. The molecule has 0 fully saturated rings. The Balaban J connectivity index is 2.28. The van der Waals surface area contributed by atoms with E-state index in [0.29, 0.717) is 0 Å².